The van der Waals surface area contributed by atoms with Crippen molar-refractivity contribution in [1.29, 1.82) is 0 Å². The Morgan fingerprint density at radius 1 is 1.38 bits per heavy atom. The maximum Gasteiger partial charge on any atom is 0.153 e. The van der Waals surface area contributed by atoms with Crippen LogP contribution in [0, 0.1) is 0 Å². The lowest BCUT2D eigenvalue weighted by Crippen LogP contribution is -2.18. The van der Waals surface area contributed by atoms with E-state index in [1.54, 1.807) is 0 Å². The highest BCUT2D eigenvalue weighted by molar-refractivity contribution is 7.80. The van der Waals surface area contributed by atoms with Gasteiger partial charge in [0.05, 0.1) is 11.7 Å². The molecule has 4 nitrogen and oxygen atoms in total. The van der Waals surface area contributed by atoms with Crippen molar-refractivity contribution in [2.75, 3.05) is 5.75 Å². The summed E-state index contributed by atoms with van der Waals surface area (Å²) in [6, 6.07) is 4.14. The number of aromatic hydroxyl groups is 1. The molecule has 1 aromatic carbocycles. The Balaban J connectivity index is 2.91. The van der Waals surface area contributed by atoms with Crippen LogP contribution in [0.2, 0.25) is 0 Å². The third-order valence-electron chi connectivity index (χ3n) is 2.31. The molecule has 16 heavy (non-hydrogen) atoms. The molecule has 1 aromatic rings. The molecule has 0 aliphatic carbocycles. The topological polar surface area (TPSA) is 77.8 Å². The summed E-state index contributed by atoms with van der Waals surface area (Å²) in [7, 11) is 0. The number of hydrogen-bond donors (Lipinski definition) is 4. The minimum Gasteiger partial charge on any atom is -0.507 e. The predicted molar refractivity (Wildman–Crippen MR) is 62.9 cm³/mol. The third-order valence-corrected chi connectivity index (χ3v) is 2.57. The zero-order valence-electron chi connectivity index (χ0n) is 8.58. The maximum absolute atomic E-state index is 10.6. The van der Waals surface area contributed by atoms with E-state index in [4.69, 9.17) is 0 Å². The molecule has 0 heterocycles. The van der Waals surface area contributed by atoms with Gasteiger partial charge < -0.3 is 15.3 Å². The van der Waals surface area contributed by atoms with Crippen LogP contribution in [0.1, 0.15) is 28.4 Å². The number of thiol groups is 1. The van der Waals surface area contributed by atoms with Crippen LogP contribution >= 0.6 is 12.6 Å². The zero-order valence-corrected chi connectivity index (χ0v) is 9.47. The minimum atomic E-state index is -1.08. The largest absolute Gasteiger partial charge is 0.507 e. The van der Waals surface area contributed by atoms with E-state index in [1.165, 1.54) is 18.2 Å². The number of aliphatic hydroxyl groups excluding tert-OH is 2. The van der Waals surface area contributed by atoms with Crippen LogP contribution in [0.4, 0.5) is 0 Å². The maximum atomic E-state index is 10.6. The molecule has 0 saturated heterocycles. The van der Waals surface area contributed by atoms with Crippen molar-refractivity contribution >= 4 is 18.9 Å². The van der Waals surface area contributed by atoms with Crippen molar-refractivity contribution in [3.63, 3.8) is 0 Å². The smallest absolute Gasteiger partial charge is 0.153 e. The molecule has 3 N–H and O–H groups in total. The number of aliphatic hydroxyl groups is 2. The van der Waals surface area contributed by atoms with E-state index in [0.29, 0.717) is 24.0 Å². The van der Waals surface area contributed by atoms with Gasteiger partial charge in [0.1, 0.15) is 11.9 Å². The zero-order chi connectivity index (χ0) is 12.1. The van der Waals surface area contributed by atoms with E-state index >= 15 is 0 Å². The van der Waals surface area contributed by atoms with Crippen LogP contribution in [-0.4, -0.2) is 33.5 Å². The van der Waals surface area contributed by atoms with Gasteiger partial charge in [0.2, 0.25) is 0 Å². The number of phenols is 1. The summed E-state index contributed by atoms with van der Waals surface area (Å²) in [5.74, 6) is 0.311. The molecule has 2 atom stereocenters. The first-order valence-electron chi connectivity index (χ1n) is 4.85. The predicted octanol–water partition coefficient (Wildman–Crippen LogP) is 0.919. The van der Waals surface area contributed by atoms with Gasteiger partial charge in [-0.05, 0) is 29.9 Å². The molecule has 0 aromatic heterocycles. The van der Waals surface area contributed by atoms with Crippen LogP contribution < -0.4 is 0 Å². The van der Waals surface area contributed by atoms with Gasteiger partial charge in [-0.15, -0.1) is 0 Å². The lowest BCUT2D eigenvalue weighted by atomic mass is 10.0. The molecule has 0 amide bonds. The SMILES string of the molecule is O=Cc1cc(C(O)C(O)CCS)ccc1O. The van der Waals surface area contributed by atoms with Crippen LogP contribution in [-0.2, 0) is 0 Å². The van der Waals surface area contributed by atoms with Crippen molar-refractivity contribution in [3.8, 4) is 5.75 Å². The summed E-state index contributed by atoms with van der Waals surface area (Å²) in [4.78, 5) is 10.6. The summed E-state index contributed by atoms with van der Waals surface area (Å²) in [6.45, 7) is 0. The van der Waals surface area contributed by atoms with Gasteiger partial charge in [-0.1, -0.05) is 6.07 Å². The second-order valence-corrected chi connectivity index (χ2v) is 3.91. The van der Waals surface area contributed by atoms with Gasteiger partial charge in [-0.3, -0.25) is 4.79 Å². The first-order chi connectivity index (χ1) is 7.60. The van der Waals surface area contributed by atoms with Crippen molar-refractivity contribution in [2.24, 2.45) is 0 Å². The Morgan fingerprint density at radius 3 is 2.62 bits per heavy atom. The van der Waals surface area contributed by atoms with E-state index in [0.717, 1.165) is 0 Å². The number of phenolic OH excluding ortho intramolecular Hbond substituents is 1. The fourth-order valence-electron chi connectivity index (χ4n) is 1.36. The summed E-state index contributed by atoms with van der Waals surface area (Å²) in [6.07, 6.45) is -1.16. The van der Waals surface area contributed by atoms with E-state index in [-0.39, 0.29) is 11.3 Å². The highest BCUT2D eigenvalue weighted by Crippen LogP contribution is 2.24. The average Bonchev–Trinajstić information content (AvgIpc) is 2.29. The van der Waals surface area contributed by atoms with E-state index < -0.39 is 12.2 Å². The summed E-state index contributed by atoms with van der Waals surface area (Å²) in [5.41, 5.74) is 0.490. The Kier molecular flexibility index (Phi) is 4.79. The van der Waals surface area contributed by atoms with Crippen LogP contribution in [0.5, 0.6) is 5.75 Å². The van der Waals surface area contributed by atoms with E-state index in [2.05, 4.69) is 12.6 Å². The molecule has 0 radical (unpaired) electrons. The highest BCUT2D eigenvalue weighted by Gasteiger charge is 2.18. The van der Waals surface area contributed by atoms with Crippen LogP contribution in [0.25, 0.3) is 0 Å². The number of carbonyl (C=O) groups is 1. The number of hydrogen-bond acceptors (Lipinski definition) is 5. The molecule has 1 rings (SSSR count). The number of benzene rings is 1. The second kappa shape index (κ2) is 5.89. The second-order valence-electron chi connectivity index (χ2n) is 3.46. The Morgan fingerprint density at radius 2 is 2.06 bits per heavy atom. The number of carbonyl (C=O) groups excluding carboxylic acids is 1. The van der Waals surface area contributed by atoms with Crippen molar-refractivity contribution in [3.05, 3.63) is 29.3 Å². The third kappa shape index (κ3) is 2.98. The van der Waals surface area contributed by atoms with Gasteiger partial charge in [-0.25, -0.2) is 0 Å². The normalized spacial score (nSPS) is 14.4. The fourth-order valence-corrected chi connectivity index (χ4v) is 1.63. The molecule has 0 bridgehead atoms. The standard InChI is InChI=1S/C11H14O4S/c12-6-8-5-7(1-2-9(8)13)11(15)10(14)3-4-16/h1-2,5-6,10-11,13-16H,3-4H2. The minimum absolute atomic E-state index is 0.0922. The highest BCUT2D eigenvalue weighted by atomic mass is 32.1. The molecule has 0 aliphatic heterocycles. The van der Waals surface area contributed by atoms with Crippen molar-refractivity contribution < 1.29 is 20.1 Å². The Labute approximate surface area is 99.0 Å². The van der Waals surface area contributed by atoms with Gasteiger partial charge >= 0.3 is 0 Å². The fraction of sp³-hybridized carbons (Fsp3) is 0.364. The van der Waals surface area contributed by atoms with Gasteiger partial charge in [-0.2, -0.15) is 12.6 Å². The number of aldehydes is 1. The Hall–Kier alpha value is -1.04. The van der Waals surface area contributed by atoms with Gasteiger partial charge in [0.15, 0.2) is 6.29 Å². The molecular formula is C11H14O4S. The first-order valence-corrected chi connectivity index (χ1v) is 5.48. The molecule has 2 unspecified atom stereocenters. The van der Waals surface area contributed by atoms with Gasteiger partial charge in [0, 0.05) is 0 Å². The van der Waals surface area contributed by atoms with E-state index in [1.807, 2.05) is 0 Å². The summed E-state index contributed by atoms with van der Waals surface area (Å²) in [5, 5.41) is 28.6. The average molecular weight is 242 g/mol. The van der Waals surface area contributed by atoms with Gasteiger partial charge in [0.25, 0.3) is 0 Å². The summed E-state index contributed by atoms with van der Waals surface area (Å²) >= 11 is 3.95. The molecule has 88 valence electrons. The molecule has 0 saturated carbocycles. The van der Waals surface area contributed by atoms with Crippen LogP contribution in [0.15, 0.2) is 18.2 Å². The van der Waals surface area contributed by atoms with Crippen molar-refractivity contribution in [1.82, 2.24) is 0 Å². The number of rotatable bonds is 5. The summed E-state index contributed by atoms with van der Waals surface area (Å²) < 4.78 is 0. The molecule has 0 spiro atoms. The quantitative estimate of drug-likeness (QED) is 0.457. The molecule has 0 aliphatic rings. The lowest BCUT2D eigenvalue weighted by Gasteiger charge is -2.17. The van der Waals surface area contributed by atoms with Crippen LogP contribution in [0.3, 0.4) is 0 Å². The van der Waals surface area contributed by atoms with Crippen molar-refractivity contribution in [2.45, 2.75) is 18.6 Å². The molecule has 0 fully saturated rings. The first kappa shape index (κ1) is 13.0. The molecule has 5 heteroatoms. The monoisotopic (exact) mass is 242 g/mol. The van der Waals surface area contributed by atoms with E-state index in [9.17, 15) is 20.1 Å². The Bertz CT molecular complexity index is 367. The molecular weight excluding hydrogens is 228 g/mol. The lowest BCUT2D eigenvalue weighted by molar-refractivity contribution is 0.0172.